The number of amides is 1. The van der Waals surface area contributed by atoms with Crippen molar-refractivity contribution in [2.45, 2.75) is 25.3 Å². The van der Waals surface area contributed by atoms with Crippen LogP contribution in [0.2, 0.25) is 0 Å². The first-order valence-electron chi connectivity index (χ1n) is 6.36. The van der Waals surface area contributed by atoms with Gasteiger partial charge in [-0.15, -0.1) is 6.58 Å². The number of carbonyl (C=O) groups is 1. The Morgan fingerprint density at radius 1 is 1.47 bits per heavy atom. The van der Waals surface area contributed by atoms with Crippen LogP contribution in [0.4, 0.5) is 0 Å². The van der Waals surface area contributed by atoms with E-state index in [2.05, 4.69) is 18.7 Å². The lowest BCUT2D eigenvalue weighted by molar-refractivity contribution is -0.128. The Balaban J connectivity index is 2.05. The third kappa shape index (κ3) is 3.67. The van der Waals surface area contributed by atoms with Crippen LogP contribution in [0.25, 0.3) is 0 Å². The van der Waals surface area contributed by atoms with Crippen molar-refractivity contribution < 1.29 is 4.79 Å². The van der Waals surface area contributed by atoms with Crippen LogP contribution in [0.3, 0.4) is 0 Å². The summed E-state index contributed by atoms with van der Waals surface area (Å²) in [6, 6.07) is 10.4. The molecule has 2 nitrogen and oxygen atoms in total. The van der Waals surface area contributed by atoms with Gasteiger partial charge in [0.15, 0.2) is 0 Å². The molecule has 0 aromatic heterocycles. The van der Waals surface area contributed by atoms with E-state index in [4.69, 9.17) is 12.2 Å². The third-order valence-electron chi connectivity index (χ3n) is 3.11. The van der Waals surface area contributed by atoms with Gasteiger partial charge >= 0.3 is 0 Å². The van der Waals surface area contributed by atoms with Crippen molar-refractivity contribution in [3.05, 3.63) is 48.6 Å². The molecule has 1 atom stereocenters. The highest BCUT2D eigenvalue weighted by Gasteiger charge is 2.33. The smallest absolute Gasteiger partial charge is 0.228 e. The zero-order valence-corrected chi connectivity index (χ0v) is 12.4. The molecule has 2 rings (SSSR count). The highest BCUT2D eigenvalue weighted by Crippen LogP contribution is 2.27. The number of benzene rings is 1. The van der Waals surface area contributed by atoms with Crippen LogP contribution in [0.15, 0.2) is 43.0 Å². The van der Waals surface area contributed by atoms with Gasteiger partial charge in [-0.25, -0.2) is 0 Å². The lowest BCUT2D eigenvalue weighted by Crippen LogP contribution is -2.39. The van der Waals surface area contributed by atoms with E-state index in [0.717, 1.165) is 16.5 Å². The van der Waals surface area contributed by atoms with Gasteiger partial charge in [-0.3, -0.25) is 9.69 Å². The van der Waals surface area contributed by atoms with Gasteiger partial charge in [0.1, 0.15) is 4.32 Å². The molecule has 1 amide bonds. The summed E-state index contributed by atoms with van der Waals surface area (Å²) in [6.07, 6.45) is 3.85. The number of carbonyl (C=O) groups excluding carboxylic acids is 1. The molecular weight excluding hydrogens is 274 g/mol. The van der Waals surface area contributed by atoms with E-state index in [-0.39, 0.29) is 11.9 Å². The fourth-order valence-electron chi connectivity index (χ4n) is 2.15. The summed E-state index contributed by atoms with van der Waals surface area (Å²) >= 11 is 6.91. The molecule has 1 aromatic rings. The van der Waals surface area contributed by atoms with Gasteiger partial charge in [0, 0.05) is 12.2 Å². The number of hydrogen-bond acceptors (Lipinski definition) is 3. The van der Waals surface area contributed by atoms with E-state index >= 15 is 0 Å². The summed E-state index contributed by atoms with van der Waals surface area (Å²) in [4.78, 5) is 14.0. The summed E-state index contributed by atoms with van der Waals surface area (Å²) in [5.74, 6) is 1.02. The minimum Gasteiger partial charge on any atom is -0.293 e. The fourth-order valence-corrected chi connectivity index (χ4v) is 3.60. The summed E-state index contributed by atoms with van der Waals surface area (Å²) in [5.41, 5.74) is 1.25. The van der Waals surface area contributed by atoms with E-state index in [9.17, 15) is 4.79 Å². The molecule has 0 unspecified atom stereocenters. The second kappa shape index (κ2) is 6.87. The van der Waals surface area contributed by atoms with Crippen molar-refractivity contribution >= 4 is 34.2 Å². The van der Waals surface area contributed by atoms with Crippen LogP contribution in [-0.2, 0) is 11.2 Å². The Labute approximate surface area is 123 Å². The minimum atomic E-state index is 0.121. The van der Waals surface area contributed by atoms with Gasteiger partial charge in [-0.1, -0.05) is 60.4 Å². The molecule has 1 aromatic carbocycles. The number of thioether (sulfide) groups is 1. The van der Waals surface area contributed by atoms with Gasteiger partial charge in [0.25, 0.3) is 0 Å². The first-order chi connectivity index (χ1) is 9.22. The monoisotopic (exact) mass is 291 g/mol. The standard InChI is InChI=1S/C15H17NOS2/c1-2-3-9-14(17)16-13(11-19-15(16)18)10-12-7-5-4-6-8-12/h2,4-8,13H,1,3,9-11H2/t13-/m0/s1. The van der Waals surface area contributed by atoms with Crippen LogP contribution < -0.4 is 0 Å². The number of rotatable bonds is 5. The Hall–Kier alpha value is -1.13. The lowest BCUT2D eigenvalue weighted by atomic mass is 10.1. The highest BCUT2D eigenvalue weighted by molar-refractivity contribution is 8.23. The summed E-state index contributed by atoms with van der Waals surface area (Å²) in [5, 5.41) is 0. The second-order valence-corrected chi connectivity index (χ2v) is 6.17. The van der Waals surface area contributed by atoms with Crippen LogP contribution in [0.5, 0.6) is 0 Å². The van der Waals surface area contributed by atoms with Crippen molar-refractivity contribution in [3.8, 4) is 0 Å². The molecule has 100 valence electrons. The topological polar surface area (TPSA) is 20.3 Å². The van der Waals surface area contributed by atoms with E-state index in [1.165, 1.54) is 5.56 Å². The van der Waals surface area contributed by atoms with Gasteiger partial charge in [0.05, 0.1) is 6.04 Å². The Kier molecular flexibility index (Phi) is 5.16. The molecule has 1 aliphatic heterocycles. The first-order valence-corrected chi connectivity index (χ1v) is 7.75. The van der Waals surface area contributed by atoms with Crippen LogP contribution in [0, 0.1) is 0 Å². The second-order valence-electron chi connectivity index (χ2n) is 4.51. The Morgan fingerprint density at radius 3 is 2.89 bits per heavy atom. The number of thiocarbonyl (C=S) groups is 1. The summed E-state index contributed by atoms with van der Waals surface area (Å²) < 4.78 is 0.718. The van der Waals surface area contributed by atoms with E-state index in [1.807, 2.05) is 18.2 Å². The molecular formula is C15H17NOS2. The van der Waals surface area contributed by atoms with Gasteiger partial charge in [-0.05, 0) is 18.4 Å². The molecule has 0 aliphatic carbocycles. The van der Waals surface area contributed by atoms with Gasteiger partial charge in [-0.2, -0.15) is 0 Å². The minimum absolute atomic E-state index is 0.121. The summed E-state index contributed by atoms with van der Waals surface area (Å²) in [7, 11) is 0. The average molecular weight is 291 g/mol. The zero-order chi connectivity index (χ0) is 13.7. The van der Waals surface area contributed by atoms with Crippen molar-refractivity contribution in [1.29, 1.82) is 0 Å². The SMILES string of the molecule is C=CCCC(=O)N1C(=S)SC[C@@H]1Cc1ccccc1. The van der Waals surface area contributed by atoms with Crippen molar-refractivity contribution in [1.82, 2.24) is 4.90 Å². The van der Waals surface area contributed by atoms with E-state index < -0.39 is 0 Å². The van der Waals surface area contributed by atoms with Crippen molar-refractivity contribution in [2.24, 2.45) is 0 Å². The number of hydrogen-bond donors (Lipinski definition) is 0. The molecule has 0 spiro atoms. The fraction of sp³-hybridized carbons (Fsp3) is 0.333. The molecule has 0 radical (unpaired) electrons. The predicted octanol–water partition coefficient (Wildman–Crippen LogP) is 3.42. The highest BCUT2D eigenvalue weighted by atomic mass is 32.2. The molecule has 0 saturated carbocycles. The predicted molar refractivity (Wildman–Crippen MR) is 85.3 cm³/mol. The maximum atomic E-state index is 12.2. The van der Waals surface area contributed by atoms with E-state index in [1.54, 1.807) is 22.7 Å². The van der Waals surface area contributed by atoms with Gasteiger partial charge < -0.3 is 0 Å². The molecule has 1 fully saturated rings. The van der Waals surface area contributed by atoms with E-state index in [0.29, 0.717) is 12.8 Å². The van der Waals surface area contributed by atoms with Crippen molar-refractivity contribution in [3.63, 3.8) is 0 Å². The van der Waals surface area contributed by atoms with Crippen LogP contribution >= 0.6 is 24.0 Å². The molecule has 1 aliphatic rings. The summed E-state index contributed by atoms with van der Waals surface area (Å²) in [6.45, 7) is 3.66. The molecule has 1 saturated heterocycles. The van der Waals surface area contributed by atoms with Crippen molar-refractivity contribution in [2.75, 3.05) is 5.75 Å². The average Bonchev–Trinajstić information content (AvgIpc) is 2.78. The maximum Gasteiger partial charge on any atom is 0.228 e. The quantitative estimate of drug-likeness (QED) is 0.612. The molecule has 0 bridgehead atoms. The molecule has 0 N–H and O–H groups in total. The first kappa shape index (κ1) is 14.3. The molecule has 1 heterocycles. The lowest BCUT2D eigenvalue weighted by Gasteiger charge is -2.23. The van der Waals surface area contributed by atoms with Crippen LogP contribution in [0.1, 0.15) is 18.4 Å². The normalized spacial score (nSPS) is 18.6. The van der Waals surface area contributed by atoms with Crippen LogP contribution in [-0.4, -0.2) is 26.9 Å². The largest absolute Gasteiger partial charge is 0.293 e. The number of allylic oxidation sites excluding steroid dienone is 1. The molecule has 4 heteroatoms. The zero-order valence-electron chi connectivity index (χ0n) is 10.7. The maximum absolute atomic E-state index is 12.2. The Morgan fingerprint density at radius 2 is 2.21 bits per heavy atom. The molecule has 19 heavy (non-hydrogen) atoms. The Bertz CT molecular complexity index is 472. The number of nitrogens with zero attached hydrogens (tertiary/aromatic N) is 1. The third-order valence-corrected chi connectivity index (χ3v) is 4.65. The van der Waals surface area contributed by atoms with Gasteiger partial charge in [0.2, 0.25) is 5.91 Å².